The molecule has 180 valence electrons. The standard InChI is InChI=1S/C25H34N2O6/c1-30-14-19(15-31-2)32-25(29)22-13-17-12-18(8-9-21(17)33-22)27-24(28)23-20(10-11-26-23)16-6-4-3-5-7-16/h8-9,12-13,16,19-20,23,26H,3-7,10-11,14-15H2,1-2H3,(H,27,28)/t20-,23+/m0/s1. The Morgan fingerprint density at radius 3 is 2.58 bits per heavy atom. The van der Waals surface area contributed by atoms with Gasteiger partial charge in [-0.25, -0.2) is 4.79 Å². The molecule has 2 aromatic rings. The summed E-state index contributed by atoms with van der Waals surface area (Å²) in [5.41, 5.74) is 1.23. The summed E-state index contributed by atoms with van der Waals surface area (Å²) < 4.78 is 21.2. The number of fused-ring (bicyclic) bond motifs is 1. The Hall–Kier alpha value is -2.42. The lowest BCUT2D eigenvalue weighted by Gasteiger charge is -2.30. The summed E-state index contributed by atoms with van der Waals surface area (Å²) in [7, 11) is 3.07. The van der Waals surface area contributed by atoms with E-state index in [9.17, 15) is 9.59 Å². The molecule has 4 rings (SSSR count). The lowest BCUT2D eigenvalue weighted by molar-refractivity contribution is -0.119. The highest BCUT2D eigenvalue weighted by Gasteiger charge is 2.38. The lowest BCUT2D eigenvalue weighted by atomic mass is 9.76. The summed E-state index contributed by atoms with van der Waals surface area (Å²) in [6.45, 7) is 1.35. The molecular weight excluding hydrogens is 424 g/mol. The molecule has 2 N–H and O–H groups in total. The van der Waals surface area contributed by atoms with Crippen molar-refractivity contribution in [2.75, 3.05) is 39.3 Å². The van der Waals surface area contributed by atoms with E-state index in [2.05, 4.69) is 10.6 Å². The fourth-order valence-electron chi connectivity index (χ4n) is 5.22. The molecule has 1 aliphatic heterocycles. The van der Waals surface area contributed by atoms with Crippen LogP contribution < -0.4 is 10.6 Å². The molecule has 8 heteroatoms. The molecule has 2 fully saturated rings. The number of esters is 1. The van der Waals surface area contributed by atoms with Crippen LogP contribution in [0.25, 0.3) is 11.0 Å². The first-order chi connectivity index (χ1) is 16.1. The molecule has 1 aliphatic carbocycles. The number of methoxy groups -OCH3 is 2. The zero-order chi connectivity index (χ0) is 23.2. The van der Waals surface area contributed by atoms with Gasteiger partial charge in [0, 0.05) is 25.3 Å². The Balaban J connectivity index is 1.41. The number of nitrogens with one attached hydrogen (secondary N) is 2. The van der Waals surface area contributed by atoms with Crippen LogP contribution in [0.4, 0.5) is 5.69 Å². The highest BCUT2D eigenvalue weighted by atomic mass is 16.6. The SMILES string of the molecule is COCC(COC)OC(=O)c1cc2cc(NC(=O)[C@@H]3NCC[C@H]3C3CCCCC3)ccc2o1. The predicted octanol–water partition coefficient (Wildman–Crippen LogP) is 3.75. The molecule has 1 amide bonds. The average Bonchev–Trinajstić information content (AvgIpc) is 3.47. The van der Waals surface area contributed by atoms with E-state index in [-0.39, 0.29) is 30.9 Å². The first-order valence-electron chi connectivity index (χ1n) is 11.9. The van der Waals surface area contributed by atoms with Crippen molar-refractivity contribution in [3.05, 3.63) is 30.0 Å². The molecule has 1 aromatic carbocycles. The molecule has 0 radical (unpaired) electrons. The molecule has 1 saturated carbocycles. The molecule has 2 heterocycles. The van der Waals surface area contributed by atoms with Crippen molar-refractivity contribution >= 4 is 28.5 Å². The van der Waals surface area contributed by atoms with Gasteiger partial charge in [-0.15, -0.1) is 0 Å². The van der Waals surface area contributed by atoms with Crippen LogP contribution in [0.3, 0.4) is 0 Å². The summed E-state index contributed by atoms with van der Waals surface area (Å²) in [6.07, 6.45) is 6.85. The van der Waals surface area contributed by atoms with Gasteiger partial charge in [0.15, 0.2) is 0 Å². The maximum absolute atomic E-state index is 13.1. The fourth-order valence-corrected chi connectivity index (χ4v) is 5.22. The molecular formula is C25H34N2O6. The second-order valence-electron chi connectivity index (χ2n) is 9.07. The summed E-state index contributed by atoms with van der Waals surface area (Å²) in [4.78, 5) is 25.6. The number of amides is 1. The Kier molecular flexibility index (Phi) is 8.01. The van der Waals surface area contributed by atoms with Crippen LogP contribution in [0.5, 0.6) is 0 Å². The van der Waals surface area contributed by atoms with Crippen LogP contribution in [0.1, 0.15) is 49.1 Å². The van der Waals surface area contributed by atoms with Gasteiger partial charge in [0.1, 0.15) is 11.7 Å². The van der Waals surface area contributed by atoms with E-state index in [1.807, 2.05) is 6.07 Å². The van der Waals surface area contributed by atoms with Gasteiger partial charge in [-0.2, -0.15) is 0 Å². The second-order valence-corrected chi connectivity index (χ2v) is 9.07. The maximum Gasteiger partial charge on any atom is 0.374 e. The zero-order valence-electron chi connectivity index (χ0n) is 19.4. The third-order valence-corrected chi connectivity index (χ3v) is 6.77. The number of carbonyl (C=O) groups is 2. The number of furan rings is 1. The van der Waals surface area contributed by atoms with E-state index in [1.54, 1.807) is 18.2 Å². The van der Waals surface area contributed by atoms with Gasteiger partial charge in [0.25, 0.3) is 0 Å². The number of hydrogen-bond donors (Lipinski definition) is 2. The van der Waals surface area contributed by atoms with Gasteiger partial charge in [-0.3, -0.25) is 4.79 Å². The van der Waals surface area contributed by atoms with Gasteiger partial charge < -0.3 is 29.3 Å². The number of carbonyl (C=O) groups excluding carboxylic acids is 2. The van der Waals surface area contributed by atoms with Crippen molar-refractivity contribution < 1.29 is 28.2 Å². The Bertz CT molecular complexity index is 946. The monoisotopic (exact) mass is 458 g/mol. The topological polar surface area (TPSA) is 99.0 Å². The van der Waals surface area contributed by atoms with Gasteiger partial charge in [-0.05, 0) is 49.1 Å². The quantitative estimate of drug-likeness (QED) is 0.552. The van der Waals surface area contributed by atoms with E-state index in [4.69, 9.17) is 18.6 Å². The molecule has 2 aliphatic rings. The van der Waals surface area contributed by atoms with E-state index in [1.165, 1.54) is 46.3 Å². The van der Waals surface area contributed by atoms with E-state index < -0.39 is 12.1 Å². The minimum atomic E-state index is -0.582. The van der Waals surface area contributed by atoms with Crippen LogP contribution in [0.15, 0.2) is 28.7 Å². The minimum Gasteiger partial charge on any atom is -0.452 e. The molecule has 8 nitrogen and oxygen atoms in total. The van der Waals surface area contributed by atoms with Crippen molar-refractivity contribution in [2.45, 2.75) is 50.7 Å². The first kappa shape index (κ1) is 23.7. The minimum absolute atomic E-state index is 0.00697. The average molecular weight is 459 g/mol. The Morgan fingerprint density at radius 2 is 1.85 bits per heavy atom. The van der Waals surface area contributed by atoms with E-state index >= 15 is 0 Å². The van der Waals surface area contributed by atoms with Crippen LogP contribution in [-0.2, 0) is 19.0 Å². The fraction of sp³-hybridized carbons (Fsp3) is 0.600. The number of ether oxygens (including phenoxy) is 3. The number of rotatable bonds is 9. The second kappa shape index (κ2) is 11.1. The highest BCUT2D eigenvalue weighted by molar-refractivity contribution is 5.98. The Morgan fingerprint density at radius 1 is 1.09 bits per heavy atom. The van der Waals surface area contributed by atoms with Gasteiger partial charge >= 0.3 is 5.97 Å². The number of hydrogen-bond acceptors (Lipinski definition) is 7. The van der Waals surface area contributed by atoms with E-state index in [0.717, 1.165) is 18.4 Å². The van der Waals surface area contributed by atoms with Crippen molar-refractivity contribution in [1.29, 1.82) is 0 Å². The summed E-state index contributed by atoms with van der Waals surface area (Å²) in [5, 5.41) is 7.18. The molecule has 0 spiro atoms. The largest absolute Gasteiger partial charge is 0.452 e. The van der Waals surface area contributed by atoms with Crippen LogP contribution in [0, 0.1) is 11.8 Å². The third kappa shape index (κ3) is 5.75. The molecule has 0 unspecified atom stereocenters. The zero-order valence-corrected chi connectivity index (χ0v) is 19.4. The predicted molar refractivity (Wildman–Crippen MR) is 124 cm³/mol. The van der Waals surface area contributed by atoms with Crippen molar-refractivity contribution in [3.63, 3.8) is 0 Å². The summed E-state index contributed by atoms with van der Waals surface area (Å²) >= 11 is 0. The lowest BCUT2D eigenvalue weighted by Crippen LogP contribution is -2.42. The van der Waals surface area contributed by atoms with Crippen molar-refractivity contribution in [3.8, 4) is 0 Å². The molecule has 1 aromatic heterocycles. The van der Waals surface area contributed by atoms with Crippen molar-refractivity contribution in [1.82, 2.24) is 5.32 Å². The number of benzene rings is 1. The van der Waals surface area contributed by atoms with Gasteiger partial charge in [0.05, 0.1) is 19.3 Å². The van der Waals surface area contributed by atoms with Crippen LogP contribution in [0.2, 0.25) is 0 Å². The normalized spacial score (nSPS) is 21.5. The molecule has 0 bridgehead atoms. The first-order valence-corrected chi connectivity index (χ1v) is 11.9. The highest BCUT2D eigenvalue weighted by Crippen LogP contribution is 2.36. The van der Waals surface area contributed by atoms with Gasteiger partial charge in [0.2, 0.25) is 11.7 Å². The Labute approximate surface area is 194 Å². The third-order valence-electron chi connectivity index (χ3n) is 6.77. The van der Waals surface area contributed by atoms with Crippen molar-refractivity contribution in [2.24, 2.45) is 11.8 Å². The smallest absolute Gasteiger partial charge is 0.374 e. The summed E-state index contributed by atoms with van der Waals surface area (Å²) in [6, 6.07) is 6.84. The maximum atomic E-state index is 13.1. The number of anilines is 1. The molecule has 33 heavy (non-hydrogen) atoms. The van der Waals surface area contributed by atoms with Crippen LogP contribution in [-0.4, -0.2) is 58.0 Å². The van der Waals surface area contributed by atoms with Crippen LogP contribution >= 0.6 is 0 Å². The molecule has 2 atom stereocenters. The molecule has 1 saturated heterocycles. The van der Waals surface area contributed by atoms with E-state index in [0.29, 0.717) is 23.1 Å². The summed E-state index contributed by atoms with van der Waals surface area (Å²) in [5.74, 6) is 0.556. The van der Waals surface area contributed by atoms with Gasteiger partial charge in [-0.1, -0.05) is 32.1 Å².